The molecule has 33 heavy (non-hydrogen) atoms. The molecule has 1 fully saturated rings. The highest BCUT2D eigenvalue weighted by atomic mass is 35.5. The zero-order valence-corrected chi connectivity index (χ0v) is 21.1. The lowest BCUT2D eigenvalue weighted by Gasteiger charge is -2.29. The van der Waals surface area contributed by atoms with Crippen LogP contribution in [0.3, 0.4) is 0 Å². The molecule has 1 heterocycles. The van der Waals surface area contributed by atoms with E-state index >= 15 is 0 Å². The van der Waals surface area contributed by atoms with Crippen LogP contribution in [0.15, 0.2) is 41.3 Å². The number of carbonyl (C=O) groups is 1. The average molecular weight is 506 g/mol. The minimum atomic E-state index is -3.25. The summed E-state index contributed by atoms with van der Waals surface area (Å²) < 4.78 is 28.8. The van der Waals surface area contributed by atoms with Crippen LogP contribution in [0.5, 0.6) is 5.75 Å². The highest BCUT2D eigenvalue weighted by molar-refractivity contribution is 7.90. The predicted molar refractivity (Wildman–Crippen MR) is 133 cm³/mol. The summed E-state index contributed by atoms with van der Waals surface area (Å²) in [6.07, 6.45) is 1.75. The SMILES string of the molecule is [C-]#[N+]c1ccc(N2C(=O)C(C)(C)N(CCCOc3ccc(S(C)(=O)=O)cc3)C2=S)c(C)c1Cl. The van der Waals surface area contributed by atoms with Crippen molar-refractivity contribution in [2.24, 2.45) is 0 Å². The molecule has 0 N–H and O–H groups in total. The third-order valence-electron chi connectivity index (χ3n) is 5.57. The second-order valence-electron chi connectivity index (χ2n) is 8.23. The first kappa shape index (κ1) is 25.0. The zero-order valence-electron chi connectivity index (χ0n) is 18.8. The van der Waals surface area contributed by atoms with Gasteiger partial charge >= 0.3 is 0 Å². The normalized spacial score (nSPS) is 15.6. The first-order chi connectivity index (χ1) is 15.4. The number of ether oxygens (including phenoxy) is 1. The van der Waals surface area contributed by atoms with Gasteiger partial charge in [0.1, 0.15) is 11.3 Å². The molecule has 7 nitrogen and oxygen atoms in total. The number of amides is 1. The maximum absolute atomic E-state index is 13.2. The molecule has 174 valence electrons. The van der Waals surface area contributed by atoms with Gasteiger partial charge in [-0.15, -0.1) is 0 Å². The van der Waals surface area contributed by atoms with Gasteiger partial charge in [0.25, 0.3) is 5.91 Å². The van der Waals surface area contributed by atoms with Crippen molar-refractivity contribution in [1.82, 2.24) is 4.90 Å². The van der Waals surface area contributed by atoms with Gasteiger partial charge in [0.15, 0.2) is 14.9 Å². The number of halogens is 1. The minimum absolute atomic E-state index is 0.167. The average Bonchev–Trinajstić information content (AvgIpc) is 2.92. The number of benzene rings is 2. The number of rotatable bonds is 7. The number of anilines is 1. The molecule has 0 unspecified atom stereocenters. The van der Waals surface area contributed by atoms with Gasteiger partial charge in [-0.3, -0.25) is 9.69 Å². The number of thiocarbonyl (C=S) groups is 1. The Labute approximate surface area is 204 Å². The molecule has 1 saturated heterocycles. The summed E-state index contributed by atoms with van der Waals surface area (Å²) in [5, 5.41) is 0.682. The fourth-order valence-electron chi connectivity index (χ4n) is 3.61. The quantitative estimate of drug-likeness (QED) is 0.306. The summed E-state index contributed by atoms with van der Waals surface area (Å²) in [4.78, 5) is 20.2. The van der Waals surface area contributed by atoms with E-state index in [2.05, 4.69) is 4.85 Å². The predicted octanol–water partition coefficient (Wildman–Crippen LogP) is 4.78. The summed E-state index contributed by atoms with van der Waals surface area (Å²) in [5.74, 6) is 0.396. The van der Waals surface area contributed by atoms with Crippen LogP contribution in [-0.4, -0.2) is 49.3 Å². The maximum atomic E-state index is 13.2. The van der Waals surface area contributed by atoms with Crippen LogP contribution in [0, 0.1) is 13.5 Å². The highest BCUT2D eigenvalue weighted by Crippen LogP contribution is 2.39. The van der Waals surface area contributed by atoms with E-state index in [0.717, 1.165) is 6.26 Å². The molecule has 3 rings (SSSR count). The highest BCUT2D eigenvalue weighted by Gasteiger charge is 2.49. The van der Waals surface area contributed by atoms with Crippen molar-refractivity contribution in [3.05, 3.63) is 58.4 Å². The van der Waals surface area contributed by atoms with Gasteiger partial charge in [0.2, 0.25) is 5.69 Å². The molecule has 0 saturated carbocycles. The van der Waals surface area contributed by atoms with Crippen LogP contribution in [0.2, 0.25) is 5.02 Å². The lowest BCUT2D eigenvalue weighted by molar-refractivity contribution is -0.123. The Morgan fingerprint density at radius 3 is 2.39 bits per heavy atom. The van der Waals surface area contributed by atoms with Gasteiger partial charge in [-0.1, -0.05) is 17.7 Å². The molecule has 0 spiro atoms. The summed E-state index contributed by atoms with van der Waals surface area (Å²) in [6, 6.07) is 9.53. The van der Waals surface area contributed by atoms with Crippen molar-refractivity contribution < 1.29 is 17.9 Å². The number of hydrogen-bond acceptors (Lipinski definition) is 5. The van der Waals surface area contributed by atoms with E-state index in [1.807, 2.05) is 18.7 Å². The van der Waals surface area contributed by atoms with Crippen molar-refractivity contribution in [2.75, 3.05) is 24.3 Å². The van der Waals surface area contributed by atoms with E-state index in [-0.39, 0.29) is 10.8 Å². The van der Waals surface area contributed by atoms with Crippen LogP contribution in [0.4, 0.5) is 11.4 Å². The second kappa shape index (κ2) is 9.29. The molecule has 2 aromatic carbocycles. The lowest BCUT2D eigenvalue weighted by Crippen LogP contribution is -2.44. The monoisotopic (exact) mass is 505 g/mol. The molecule has 0 radical (unpaired) electrons. The minimum Gasteiger partial charge on any atom is -0.494 e. The number of carbonyl (C=O) groups excluding carboxylic acids is 1. The van der Waals surface area contributed by atoms with Crippen molar-refractivity contribution in [3.63, 3.8) is 0 Å². The van der Waals surface area contributed by atoms with Gasteiger partial charge < -0.3 is 9.64 Å². The van der Waals surface area contributed by atoms with Crippen molar-refractivity contribution in [3.8, 4) is 5.75 Å². The smallest absolute Gasteiger partial charge is 0.258 e. The van der Waals surface area contributed by atoms with Crippen LogP contribution >= 0.6 is 23.8 Å². The molecule has 0 aromatic heterocycles. The molecule has 1 aliphatic heterocycles. The number of hydrogen-bond donors (Lipinski definition) is 0. The van der Waals surface area contributed by atoms with E-state index in [9.17, 15) is 13.2 Å². The molecule has 2 aromatic rings. The van der Waals surface area contributed by atoms with Crippen LogP contribution in [0.25, 0.3) is 4.85 Å². The van der Waals surface area contributed by atoms with Gasteiger partial charge in [0, 0.05) is 12.8 Å². The molecular weight excluding hydrogens is 482 g/mol. The van der Waals surface area contributed by atoms with Gasteiger partial charge in [-0.25, -0.2) is 13.3 Å². The Morgan fingerprint density at radius 1 is 1.18 bits per heavy atom. The van der Waals surface area contributed by atoms with E-state index in [4.69, 9.17) is 35.1 Å². The third kappa shape index (κ3) is 4.83. The molecular formula is C23H24ClN3O4S2. The van der Waals surface area contributed by atoms with E-state index in [0.29, 0.717) is 52.4 Å². The molecule has 0 bridgehead atoms. The fraction of sp³-hybridized carbons (Fsp3) is 0.348. The summed E-state index contributed by atoms with van der Waals surface area (Å²) in [5.41, 5.74) is 0.666. The largest absolute Gasteiger partial charge is 0.494 e. The van der Waals surface area contributed by atoms with Gasteiger partial charge in [-0.2, -0.15) is 0 Å². The van der Waals surface area contributed by atoms with Crippen LogP contribution < -0.4 is 9.64 Å². The topological polar surface area (TPSA) is 71.3 Å². The molecule has 0 aliphatic carbocycles. The molecule has 1 aliphatic rings. The Bertz CT molecular complexity index is 1250. The van der Waals surface area contributed by atoms with Gasteiger partial charge in [0.05, 0.1) is 28.8 Å². The molecule has 1 amide bonds. The molecule has 0 atom stereocenters. The fourth-order valence-corrected chi connectivity index (χ4v) is 4.94. The number of sulfone groups is 1. The Kier molecular flexibility index (Phi) is 7.03. The zero-order chi connectivity index (χ0) is 24.6. The summed E-state index contributed by atoms with van der Waals surface area (Å²) in [6.45, 7) is 13.5. The third-order valence-corrected chi connectivity index (χ3v) is 7.58. The first-order valence-electron chi connectivity index (χ1n) is 10.1. The second-order valence-corrected chi connectivity index (χ2v) is 11.0. The van der Waals surface area contributed by atoms with Crippen molar-refractivity contribution in [2.45, 2.75) is 37.6 Å². The standard InChI is InChI=1S/C23H24ClN3O4S2/c1-15-19(12-11-18(25-4)20(15)24)27-21(28)23(2,3)26(22(27)32)13-6-14-31-16-7-9-17(10-8-16)33(5,29)30/h7-12H,6,13-14H2,1-3,5H3. The van der Waals surface area contributed by atoms with E-state index in [1.54, 1.807) is 31.2 Å². The number of nitrogens with zero attached hydrogens (tertiary/aromatic N) is 3. The lowest BCUT2D eigenvalue weighted by atomic mass is 10.0. The van der Waals surface area contributed by atoms with Crippen LogP contribution in [0.1, 0.15) is 25.8 Å². The Hall–Kier alpha value is -2.67. The van der Waals surface area contributed by atoms with E-state index in [1.165, 1.54) is 17.0 Å². The first-order valence-corrected chi connectivity index (χ1v) is 12.8. The Balaban J connectivity index is 1.69. The van der Waals surface area contributed by atoms with E-state index < -0.39 is 15.4 Å². The maximum Gasteiger partial charge on any atom is 0.258 e. The van der Waals surface area contributed by atoms with Crippen LogP contribution in [-0.2, 0) is 14.6 Å². The Morgan fingerprint density at radius 2 is 1.82 bits per heavy atom. The van der Waals surface area contributed by atoms with Gasteiger partial charge in [-0.05, 0) is 75.3 Å². The van der Waals surface area contributed by atoms with Crippen molar-refractivity contribution in [1.29, 1.82) is 0 Å². The summed E-state index contributed by atoms with van der Waals surface area (Å²) >= 11 is 12.0. The van der Waals surface area contributed by atoms with Crippen molar-refractivity contribution >= 4 is 56.1 Å². The molecule has 10 heteroatoms. The summed E-state index contributed by atoms with van der Waals surface area (Å²) in [7, 11) is -3.25.